The van der Waals surface area contributed by atoms with E-state index < -0.39 is 10.8 Å². The van der Waals surface area contributed by atoms with Crippen LogP contribution in [0.25, 0.3) is 6.08 Å². The van der Waals surface area contributed by atoms with Crippen molar-refractivity contribution in [3.8, 4) is 11.8 Å². The van der Waals surface area contributed by atoms with Gasteiger partial charge in [0.1, 0.15) is 17.4 Å². The summed E-state index contributed by atoms with van der Waals surface area (Å²) in [5, 5.41) is 22.9. The van der Waals surface area contributed by atoms with E-state index >= 15 is 0 Å². The predicted octanol–water partition coefficient (Wildman–Crippen LogP) is 5.36. The molecule has 0 aliphatic rings. The van der Waals surface area contributed by atoms with Crippen LogP contribution < -0.4 is 10.1 Å². The first-order chi connectivity index (χ1) is 15.8. The van der Waals surface area contributed by atoms with Crippen molar-refractivity contribution in [2.45, 2.75) is 20.3 Å². The fourth-order valence-corrected chi connectivity index (χ4v) is 3.60. The molecule has 0 fully saturated rings. The van der Waals surface area contributed by atoms with Gasteiger partial charge in [0, 0.05) is 24.2 Å². The van der Waals surface area contributed by atoms with E-state index in [4.69, 9.17) is 4.74 Å². The summed E-state index contributed by atoms with van der Waals surface area (Å²) in [5.74, 6) is -0.00410. The number of nitriles is 1. The Morgan fingerprint density at radius 3 is 2.48 bits per heavy atom. The van der Waals surface area contributed by atoms with E-state index in [1.54, 1.807) is 13.2 Å². The number of nitro benzene ring substituents is 1. The number of rotatable bonds is 7. The molecule has 1 N–H and O–H groups in total. The quantitative estimate of drug-likeness (QED) is 0.230. The number of hydrogen-bond donors (Lipinski definition) is 1. The summed E-state index contributed by atoms with van der Waals surface area (Å²) in [6, 6.07) is 19.3. The van der Waals surface area contributed by atoms with Crippen LogP contribution in [0.1, 0.15) is 27.8 Å². The summed E-state index contributed by atoms with van der Waals surface area (Å²) >= 11 is 0. The van der Waals surface area contributed by atoms with Crippen molar-refractivity contribution >= 4 is 23.4 Å². The fraction of sp³-hybridized carbons (Fsp3) is 0.154. The normalized spacial score (nSPS) is 10.9. The number of nitrogens with zero attached hydrogens (tertiary/aromatic N) is 2. The van der Waals surface area contributed by atoms with Crippen molar-refractivity contribution in [2.24, 2.45) is 0 Å². The van der Waals surface area contributed by atoms with Crippen LogP contribution in [0, 0.1) is 35.3 Å². The first-order valence-corrected chi connectivity index (χ1v) is 10.2. The highest BCUT2D eigenvalue weighted by Gasteiger charge is 2.13. The molecule has 0 atom stereocenters. The predicted molar refractivity (Wildman–Crippen MR) is 127 cm³/mol. The molecule has 0 spiro atoms. The van der Waals surface area contributed by atoms with Crippen LogP contribution in [0.2, 0.25) is 0 Å². The number of ether oxygens (including phenoxy) is 1. The number of carbonyl (C=O) groups is 1. The number of benzene rings is 3. The molecule has 3 aromatic carbocycles. The number of aryl methyl sites for hydroxylation is 2. The second kappa shape index (κ2) is 10.2. The number of anilines is 1. The molecule has 0 saturated carbocycles. The zero-order valence-corrected chi connectivity index (χ0v) is 18.6. The minimum absolute atomic E-state index is 0.134. The Balaban J connectivity index is 1.83. The molecule has 0 aromatic heterocycles. The summed E-state index contributed by atoms with van der Waals surface area (Å²) in [5.41, 5.74) is 5.11. The van der Waals surface area contributed by atoms with Crippen molar-refractivity contribution < 1.29 is 14.5 Å². The molecule has 3 aromatic rings. The molecule has 7 nitrogen and oxygen atoms in total. The molecule has 33 heavy (non-hydrogen) atoms. The molecule has 0 unspecified atom stereocenters. The molecule has 1 amide bonds. The number of methoxy groups -OCH3 is 1. The van der Waals surface area contributed by atoms with Crippen LogP contribution in [0.3, 0.4) is 0 Å². The molecule has 0 radical (unpaired) electrons. The topological polar surface area (TPSA) is 105 Å². The van der Waals surface area contributed by atoms with E-state index in [-0.39, 0.29) is 16.9 Å². The highest BCUT2D eigenvalue weighted by molar-refractivity contribution is 6.09. The summed E-state index contributed by atoms with van der Waals surface area (Å²) in [4.78, 5) is 22.9. The van der Waals surface area contributed by atoms with Crippen LogP contribution in [-0.2, 0) is 11.2 Å². The Kier molecular flexibility index (Phi) is 7.21. The average molecular weight is 441 g/mol. The molecular weight excluding hydrogens is 418 g/mol. The Bertz CT molecular complexity index is 1270. The van der Waals surface area contributed by atoms with Gasteiger partial charge in [-0.3, -0.25) is 14.9 Å². The van der Waals surface area contributed by atoms with Gasteiger partial charge in [0.2, 0.25) is 0 Å². The van der Waals surface area contributed by atoms with Gasteiger partial charge in [0.25, 0.3) is 11.6 Å². The van der Waals surface area contributed by atoms with Crippen molar-refractivity contribution in [2.75, 3.05) is 12.4 Å². The highest BCUT2D eigenvalue weighted by atomic mass is 16.6. The van der Waals surface area contributed by atoms with E-state index in [0.717, 1.165) is 5.56 Å². The maximum absolute atomic E-state index is 12.6. The van der Waals surface area contributed by atoms with Crippen molar-refractivity contribution in [3.63, 3.8) is 0 Å². The van der Waals surface area contributed by atoms with Crippen LogP contribution in [0.15, 0.2) is 66.2 Å². The van der Waals surface area contributed by atoms with Crippen molar-refractivity contribution in [1.29, 1.82) is 5.26 Å². The number of non-ortho nitro benzene ring substituents is 1. The third-order valence-electron chi connectivity index (χ3n) is 4.98. The number of amides is 1. The fourth-order valence-electron chi connectivity index (χ4n) is 3.60. The lowest BCUT2D eigenvalue weighted by atomic mass is 9.98. The van der Waals surface area contributed by atoms with Gasteiger partial charge in [-0.05, 0) is 48.7 Å². The van der Waals surface area contributed by atoms with Gasteiger partial charge in [-0.15, -0.1) is 0 Å². The van der Waals surface area contributed by atoms with Gasteiger partial charge < -0.3 is 10.1 Å². The molecule has 7 heteroatoms. The van der Waals surface area contributed by atoms with E-state index in [0.29, 0.717) is 17.7 Å². The van der Waals surface area contributed by atoms with Crippen molar-refractivity contribution in [1.82, 2.24) is 0 Å². The average Bonchev–Trinajstić information content (AvgIpc) is 2.77. The zero-order chi connectivity index (χ0) is 24.0. The SMILES string of the molecule is COc1cc(/C=C(\C#N)C(=O)Nc2cccc([N+](=O)[O-])c2)ccc1Cc1cc(C)cc(C)c1. The van der Waals surface area contributed by atoms with E-state index in [1.807, 2.05) is 18.2 Å². The lowest BCUT2D eigenvalue weighted by Gasteiger charge is -2.11. The lowest BCUT2D eigenvalue weighted by molar-refractivity contribution is -0.384. The van der Waals surface area contributed by atoms with Crippen LogP contribution in [-0.4, -0.2) is 17.9 Å². The van der Waals surface area contributed by atoms with Gasteiger partial charge in [0.15, 0.2) is 0 Å². The van der Waals surface area contributed by atoms with Gasteiger partial charge in [-0.1, -0.05) is 47.5 Å². The van der Waals surface area contributed by atoms with Crippen molar-refractivity contribution in [3.05, 3.63) is 104 Å². The Hall–Kier alpha value is -4.44. The number of hydrogen-bond acceptors (Lipinski definition) is 5. The van der Waals surface area contributed by atoms with Gasteiger partial charge >= 0.3 is 0 Å². The second-order valence-corrected chi connectivity index (χ2v) is 7.68. The number of carbonyl (C=O) groups excluding carboxylic acids is 1. The van der Waals surface area contributed by atoms with E-state index in [2.05, 4.69) is 37.4 Å². The van der Waals surface area contributed by atoms with E-state index in [1.165, 1.54) is 47.0 Å². The summed E-state index contributed by atoms with van der Waals surface area (Å²) in [6.45, 7) is 4.12. The van der Waals surface area contributed by atoms with Gasteiger partial charge in [-0.25, -0.2) is 0 Å². The second-order valence-electron chi connectivity index (χ2n) is 7.68. The summed E-state index contributed by atoms with van der Waals surface area (Å²) < 4.78 is 5.55. The zero-order valence-electron chi connectivity index (χ0n) is 18.6. The maximum atomic E-state index is 12.6. The van der Waals surface area contributed by atoms with Gasteiger partial charge in [-0.2, -0.15) is 5.26 Å². The van der Waals surface area contributed by atoms with Gasteiger partial charge in [0.05, 0.1) is 12.0 Å². The molecule has 0 bridgehead atoms. The molecule has 3 rings (SSSR count). The van der Waals surface area contributed by atoms with Crippen LogP contribution in [0.5, 0.6) is 5.75 Å². The summed E-state index contributed by atoms with van der Waals surface area (Å²) in [7, 11) is 1.58. The van der Waals surface area contributed by atoms with E-state index in [9.17, 15) is 20.2 Å². The Morgan fingerprint density at radius 2 is 1.85 bits per heavy atom. The Labute approximate surface area is 192 Å². The Morgan fingerprint density at radius 1 is 1.12 bits per heavy atom. The lowest BCUT2D eigenvalue weighted by Crippen LogP contribution is -2.13. The smallest absolute Gasteiger partial charge is 0.271 e. The maximum Gasteiger partial charge on any atom is 0.271 e. The largest absolute Gasteiger partial charge is 0.496 e. The first kappa shape index (κ1) is 23.2. The number of nitrogens with one attached hydrogen (secondary N) is 1. The molecule has 166 valence electrons. The summed E-state index contributed by atoms with van der Waals surface area (Å²) in [6.07, 6.45) is 2.14. The third-order valence-corrected chi connectivity index (χ3v) is 4.98. The monoisotopic (exact) mass is 441 g/mol. The highest BCUT2D eigenvalue weighted by Crippen LogP contribution is 2.26. The molecule has 0 aliphatic heterocycles. The van der Waals surface area contributed by atoms with Crippen LogP contribution in [0.4, 0.5) is 11.4 Å². The molecular formula is C26H23N3O4. The molecule has 0 aliphatic carbocycles. The standard InChI is InChI=1S/C26H23N3O4/c1-17-9-18(2)11-20(10-17)13-21-8-7-19(14-25(21)33-3)12-22(16-27)26(30)28-23-5-4-6-24(15-23)29(31)32/h4-12,14-15H,13H2,1-3H3,(H,28,30)/b22-12+. The minimum atomic E-state index is -0.656. The molecule has 0 saturated heterocycles. The third kappa shape index (κ3) is 6.05. The minimum Gasteiger partial charge on any atom is -0.496 e. The first-order valence-electron chi connectivity index (χ1n) is 10.2. The molecule has 0 heterocycles. The van der Waals surface area contributed by atoms with Crippen LogP contribution >= 0.6 is 0 Å². The number of nitro groups is 1.